The maximum Gasteiger partial charge on any atom is 0.432 e. The van der Waals surface area contributed by atoms with Crippen molar-refractivity contribution in [2.24, 2.45) is 5.10 Å². The Hall–Kier alpha value is -1.58. The van der Waals surface area contributed by atoms with Crippen LogP contribution >= 0.6 is 34.8 Å². The molecule has 6 nitrogen and oxygen atoms in total. The first kappa shape index (κ1) is 30.5. The highest BCUT2D eigenvalue weighted by molar-refractivity contribution is 6.37. The normalized spacial score (nSPS) is 15.6. The van der Waals surface area contributed by atoms with Crippen molar-refractivity contribution >= 4 is 52.1 Å². The first-order chi connectivity index (χ1) is 15.8. The number of anilines is 1. The van der Waals surface area contributed by atoms with Crippen molar-refractivity contribution in [1.29, 1.82) is 0 Å². The quantitative estimate of drug-likeness (QED) is 0.241. The predicted octanol–water partition coefficient (Wildman–Crippen LogP) is 5.93. The third-order valence-corrected chi connectivity index (χ3v) is 5.80. The van der Waals surface area contributed by atoms with Gasteiger partial charge in [-0.2, -0.15) is 18.3 Å². The van der Waals surface area contributed by atoms with Crippen LogP contribution in [0.5, 0.6) is 5.75 Å². The first-order valence-electron chi connectivity index (χ1n) is 11.0. The van der Waals surface area contributed by atoms with Crippen LogP contribution < -0.4 is 9.64 Å². The van der Waals surface area contributed by atoms with Crippen molar-refractivity contribution in [3.63, 3.8) is 0 Å². The number of carbonyl (C=O) groups excluding carboxylic acids is 1. The van der Waals surface area contributed by atoms with E-state index in [0.29, 0.717) is 42.0 Å². The van der Waals surface area contributed by atoms with Crippen molar-refractivity contribution in [2.75, 3.05) is 44.7 Å². The third kappa shape index (κ3) is 8.27. The molecule has 0 N–H and O–H groups in total. The molecular formula is C22H32Cl3F3N4O2. The molecule has 12 heteroatoms. The number of ether oxygens (including phenoxy) is 1. The zero-order valence-corrected chi connectivity index (χ0v) is 22.5. The summed E-state index contributed by atoms with van der Waals surface area (Å²) in [5, 5.41) is 4.32. The lowest BCUT2D eigenvalue weighted by molar-refractivity contribution is -0.133. The van der Waals surface area contributed by atoms with Gasteiger partial charge in [0, 0.05) is 38.3 Å². The second-order valence-corrected chi connectivity index (χ2v) is 9.07. The molecule has 1 aliphatic heterocycles. The molecule has 2 rings (SSSR count). The van der Waals surface area contributed by atoms with E-state index in [9.17, 15) is 18.0 Å². The first-order valence-corrected chi connectivity index (χ1v) is 12.2. The summed E-state index contributed by atoms with van der Waals surface area (Å²) in [5.41, 5.74) is -0.392. The van der Waals surface area contributed by atoms with Gasteiger partial charge in [0.05, 0.1) is 28.2 Å². The molecule has 1 aliphatic rings. The topological polar surface area (TPSA) is 48.4 Å². The average molecular weight is 548 g/mol. The van der Waals surface area contributed by atoms with E-state index in [1.165, 1.54) is 14.0 Å². The van der Waals surface area contributed by atoms with Crippen molar-refractivity contribution in [2.45, 2.75) is 52.2 Å². The molecule has 1 fully saturated rings. The molecule has 1 amide bonds. The highest BCUT2D eigenvalue weighted by Crippen LogP contribution is 2.36. The van der Waals surface area contributed by atoms with E-state index in [4.69, 9.17) is 39.5 Å². The van der Waals surface area contributed by atoms with Gasteiger partial charge in [-0.1, -0.05) is 37.0 Å². The van der Waals surface area contributed by atoms with E-state index in [0.717, 1.165) is 10.7 Å². The van der Waals surface area contributed by atoms with Crippen LogP contribution in [-0.2, 0) is 4.79 Å². The van der Waals surface area contributed by atoms with Crippen molar-refractivity contribution < 1.29 is 22.7 Å². The van der Waals surface area contributed by atoms with Crippen LogP contribution in [0.1, 0.15) is 34.6 Å². The molecule has 1 heterocycles. The molecular weight excluding hydrogens is 516 g/mol. The maximum atomic E-state index is 13.2. The summed E-state index contributed by atoms with van der Waals surface area (Å²) in [7, 11) is 1.51. The Kier molecular flexibility index (Phi) is 12.1. The Morgan fingerprint density at radius 1 is 1.12 bits per heavy atom. The molecule has 194 valence electrons. The Labute approximate surface area is 214 Å². The third-order valence-electron chi connectivity index (χ3n) is 4.99. The summed E-state index contributed by atoms with van der Waals surface area (Å²) in [6, 6.07) is 2.92. The van der Waals surface area contributed by atoms with Crippen molar-refractivity contribution in [3.8, 4) is 5.75 Å². The minimum absolute atomic E-state index is 0.281. The van der Waals surface area contributed by atoms with Crippen LogP contribution in [0.25, 0.3) is 0 Å². The lowest BCUT2D eigenvalue weighted by Gasteiger charge is -2.37. The van der Waals surface area contributed by atoms with Crippen LogP contribution in [0.15, 0.2) is 17.2 Å². The van der Waals surface area contributed by atoms with Gasteiger partial charge in [-0.15, -0.1) is 11.6 Å². The molecule has 0 bridgehead atoms. The molecule has 1 saturated heterocycles. The summed E-state index contributed by atoms with van der Waals surface area (Å²) < 4.78 is 44.9. The number of carbonyl (C=O) groups is 1. The molecule has 0 saturated carbocycles. The van der Waals surface area contributed by atoms with E-state index in [2.05, 4.69) is 5.10 Å². The fourth-order valence-electron chi connectivity index (χ4n) is 3.19. The number of nitrogens with zero attached hydrogens (tertiary/aromatic N) is 4. The van der Waals surface area contributed by atoms with E-state index in [1.54, 1.807) is 30.9 Å². The zero-order chi connectivity index (χ0) is 26.2. The van der Waals surface area contributed by atoms with Gasteiger partial charge in [0.2, 0.25) is 5.91 Å². The van der Waals surface area contributed by atoms with Gasteiger partial charge in [-0.25, -0.2) is 0 Å². The molecule has 1 unspecified atom stereocenters. The summed E-state index contributed by atoms with van der Waals surface area (Å²) in [6.07, 6.45) is -4.68. The average Bonchev–Trinajstić information content (AvgIpc) is 2.76. The Morgan fingerprint density at radius 2 is 1.68 bits per heavy atom. The van der Waals surface area contributed by atoms with Gasteiger partial charge >= 0.3 is 6.18 Å². The lowest BCUT2D eigenvalue weighted by Crippen LogP contribution is -2.51. The molecule has 0 aliphatic carbocycles. The number of piperazine rings is 1. The van der Waals surface area contributed by atoms with Crippen molar-refractivity contribution in [1.82, 2.24) is 9.91 Å². The predicted molar refractivity (Wildman–Crippen MR) is 134 cm³/mol. The fraction of sp³-hybridized carbons (Fsp3) is 0.636. The molecule has 1 aromatic carbocycles. The minimum atomic E-state index is -4.68. The highest BCUT2D eigenvalue weighted by atomic mass is 35.5. The van der Waals surface area contributed by atoms with Crippen molar-refractivity contribution in [3.05, 3.63) is 22.2 Å². The highest BCUT2D eigenvalue weighted by Gasteiger charge is 2.40. The van der Waals surface area contributed by atoms with Gasteiger partial charge in [0.15, 0.2) is 5.71 Å². The standard InChI is InChI=1S/C20H26Cl3F3N4O2.C2H6/c1-12(2)30(27-19(13(3)21)20(24,25)26)11-18(31)29-7-5-28(6-8-29)16-10-17(32-4)15(23)9-14(16)22;1-2/h9-10,12-13H,5-8,11H2,1-4H3;1-2H3/b27-19+;. The summed E-state index contributed by atoms with van der Waals surface area (Å²) >= 11 is 18.1. The van der Waals surface area contributed by atoms with Gasteiger partial charge in [0.25, 0.3) is 0 Å². The van der Waals surface area contributed by atoms with E-state index < -0.39 is 23.3 Å². The molecule has 0 aromatic heterocycles. The number of alkyl halides is 4. The summed E-state index contributed by atoms with van der Waals surface area (Å²) in [4.78, 5) is 16.4. The van der Waals surface area contributed by atoms with Crippen LogP contribution in [-0.4, -0.2) is 79.0 Å². The largest absolute Gasteiger partial charge is 0.495 e. The number of hydrazone groups is 1. The van der Waals surface area contributed by atoms with Crippen LogP contribution in [0.3, 0.4) is 0 Å². The minimum Gasteiger partial charge on any atom is -0.495 e. The number of rotatable bonds is 7. The number of hydrogen-bond donors (Lipinski definition) is 0. The van der Waals surface area contributed by atoms with Gasteiger partial charge in [0.1, 0.15) is 12.3 Å². The Balaban J connectivity index is 0.00000281. The second-order valence-electron chi connectivity index (χ2n) is 7.60. The molecule has 34 heavy (non-hydrogen) atoms. The molecule has 0 radical (unpaired) electrons. The van der Waals surface area contributed by atoms with Gasteiger partial charge in [-0.3, -0.25) is 9.80 Å². The van der Waals surface area contributed by atoms with Gasteiger partial charge in [-0.05, 0) is 26.8 Å². The maximum absolute atomic E-state index is 13.2. The number of methoxy groups -OCH3 is 1. The molecule has 1 aromatic rings. The van der Waals surface area contributed by atoms with E-state index in [1.807, 2.05) is 18.7 Å². The smallest absolute Gasteiger partial charge is 0.432 e. The van der Waals surface area contributed by atoms with Crippen LogP contribution in [0.4, 0.5) is 18.9 Å². The second kappa shape index (κ2) is 13.5. The van der Waals surface area contributed by atoms with E-state index in [-0.39, 0.29) is 12.5 Å². The lowest BCUT2D eigenvalue weighted by atomic mass is 10.2. The number of benzene rings is 1. The fourth-order valence-corrected chi connectivity index (χ4v) is 3.93. The Bertz CT molecular complexity index is 843. The Morgan fingerprint density at radius 3 is 2.12 bits per heavy atom. The summed E-state index contributed by atoms with van der Waals surface area (Å²) in [6.45, 7) is 10.00. The SMILES string of the molecule is CC.COc1cc(N2CCN(C(=O)CN(/N=C(\C(C)Cl)C(F)(F)F)C(C)C)CC2)c(Cl)cc1Cl. The van der Waals surface area contributed by atoms with Crippen LogP contribution in [0, 0.1) is 0 Å². The van der Waals surface area contributed by atoms with Crippen LogP contribution in [0.2, 0.25) is 10.0 Å². The monoisotopic (exact) mass is 546 g/mol. The number of halogens is 6. The zero-order valence-electron chi connectivity index (χ0n) is 20.2. The molecule has 0 spiro atoms. The number of amides is 1. The van der Waals surface area contributed by atoms with Gasteiger partial charge < -0.3 is 14.5 Å². The van der Waals surface area contributed by atoms with E-state index >= 15 is 0 Å². The molecule has 1 atom stereocenters. The summed E-state index contributed by atoms with van der Waals surface area (Å²) in [5.74, 6) is 0.176. The number of hydrogen-bond acceptors (Lipinski definition) is 5.